The average Bonchev–Trinajstić information content (AvgIpc) is 2.67. The standard InChI is InChI=1S/C9H21N3O2S/c10-4-3-9-15(13,14)11-5-8-12-6-1-2-7-12/h11H,1-10H2. The van der Waals surface area contributed by atoms with Crippen molar-refractivity contribution in [3.8, 4) is 0 Å². The van der Waals surface area contributed by atoms with Crippen molar-refractivity contribution in [3.63, 3.8) is 0 Å². The van der Waals surface area contributed by atoms with E-state index in [1.54, 1.807) is 0 Å². The summed E-state index contributed by atoms with van der Waals surface area (Å²) in [6.45, 7) is 3.97. The Morgan fingerprint density at radius 1 is 1.27 bits per heavy atom. The van der Waals surface area contributed by atoms with Gasteiger partial charge in [0, 0.05) is 13.1 Å². The van der Waals surface area contributed by atoms with Crippen LogP contribution in [0.25, 0.3) is 0 Å². The molecule has 5 nitrogen and oxygen atoms in total. The molecule has 1 saturated heterocycles. The third-order valence-corrected chi connectivity index (χ3v) is 4.04. The van der Waals surface area contributed by atoms with Crippen LogP contribution in [0.3, 0.4) is 0 Å². The molecule has 15 heavy (non-hydrogen) atoms. The molecule has 0 aromatic heterocycles. The Hall–Kier alpha value is -0.170. The average molecular weight is 235 g/mol. The smallest absolute Gasteiger partial charge is 0.211 e. The Labute approximate surface area is 92.1 Å². The Morgan fingerprint density at radius 3 is 2.53 bits per heavy atom. The molecule has 0 aromatic rings. The Kier molecular flexibility index (Phi) is 5.52. The van der Waals surface area contributed by atoms with Crippen molar-refractivity contribution >= 4 is 10.0 Å². The maximum Gasteiger partial charge on any atom is 0.211 e. The summed E-state index contributed by atoms with van der Waals surface area (Å²) in [5.74, 6) is 0.142. The first-order valence-corrected chi connectivity index (χ1v) is 7.19. The van der Waals surface area contributed by atoms with Gasteiger partial charge in [-0.2, -0.15) is 0 Å². The number of nitrogens with zero attached hydrogens (tertiary/aromatic N) is 1. The summed E-state index contributed by atoms with van der Waals surface area (Å²) in [4.78, 5) is 2.28. The third-order valence-electron chi connectivity index (χ3n) is 2.57. The molecule has 1 fully saturated rings. The maximum absolute atomic E-state index is 11.4. The minimum atomic E-state index is -3.09. The number of hydrogen-bond acceptors (Lipinski definition) is 4. The summed E-state index contributed by atoms with van der Waals surface area (Å²) >= 11 is 0. The molecule has 0 bridgehead atoms. The van der Waals surface area contributed by atoms with Gasteiger partial charge < -0.3 is 10.6 Å². The number of likely N-dealkylation sites (tertiary alicyclic amines) is 1. The van der Waals surface area contributed by atoms with E-state index in [1.165, 1.54) is 12.8 Å². The van der Waals surface area contributed by atoms with Crippen molar-refractivity contribution in [2.24, 2.45) is 5.73 Å². The predicted octanol–water partition coefficient (Wildman–Crippen LogP) is -0.650. The third kappa shape index (κ3) is 5.46. The lowest BCUT2D eigenvalue weighted by Crippen LogP contribution is -2.35. The first-order valence-electron chi connectivity index (χ1n) is 5.54. The van der Waals surface area contributed by atoms with E-state index in [-0.39, 0.29) is 5.75 Å². The van der Waals surface area contributed by atoms with Gasteiger partial charge in [-0.25, -0.2) is 13.1 Å². The van der Waals surface area contributed by atoms with Crippen molar-refractivity contribution in [1.82, 2.24) is 9.62 Å². The number of hydrogen-bond donors (Lipinski definition) is 2. The van der Waals surface area contributed by atoms with Crippen molar-refractivity contribution < 1.29 is 8.42 Å². The molecule has 0 atom stereocenters. The van der Waals surface area contributed by atoms with E-state index in [0.29, 0.717) is 19.5 Å². The van der Waals surface area contributed by atoms with Crippen molar-refractivity contribution in [3.05, 3.63) is 0 Å². The second-order valence-corrected chi connectivity index (χ2v) is 5.83. The summed E-state index contributed by atoms with van der Waals surface area (Å²) in [7, 11) is -3.09. The van der Waals surface area contributed by atoms with Crippen LogP contribution in [-0.2, 0) is 10.0 Å². The van der Waals surface area contributed by atoms with E-state index < -0.39 is 10.0 Å². The molecule has 0 amide bonds. The first kappa shape index (κ1) is 12.9. The van der Waals surface area contributed by atoms with Gasteiger partial charge in [-0.3, -0.25) is 0 Å². The maximum atomic E-state index is 11.4. The fourth-order valence-corrected chi connectivity index (χ4v) is 2.80. The van der Waals surface area contributed by atoms with Crippen molar-refractivity contribution in [2.45, 2.75) is 19.3 Å². The van der Waals surface area contributed by atoms with Crippen LogP contribution in [-0.4, -0.2) is 51.8 Å². The highest BCUT2D eigenvalue weighted by atomic mass is 32.2. The number of nitrogens with one attached hydrogen (secondary N) is 1. The number of rotatable bonds is 7. The molecule has 0 spiro atoms. The molecule has 3 N–H and O–H groups in total. The normalized spacial score (nSPS) is 18.5. The van der Waals surface area contributed by atoms with E-state index in [9.17, 15) is 8.42 Å². The zero-order chi connectivity index (χ0) is 11.1. The molecule has 1 rings (SSSR count). The second-order valence-electron chi connectivity index (χ2n) is 3.90. The van der Waals surface area contributed by atoms with Crippen LogP contribution in [0.5, 0.6) is 0 Å². The van der Waals surface area contributed by atoms with Gasteiger partial charge in [-0.1, -0.05) is 0 Å². The lowest BCUT2D eigenvalue weighted by molar-refractivity contribution is 0.344. The summed E-state index contributed by atoms with van der Waals surface area (Å²) in [5, 5.41) is 0. The van der Waals surface area contributed by atoms with E-state index in [2.05, 4.69) is 9.62 Å². The number of sulfonamides is 1. The quantitative estimate of drug-likeness (QED) is 0.615. The van der Waals surface area contributed by atoms with Gasteiger partial charge in [0.05, 0.1) is 5.75 Å². The topological polar surface area (TPSA) is 75.4 Å². The van der Waals surface area contributed by atoms with Crippen molar-refractivity contribution in [1.29, 1.82) is 0 Å². The molecule has 1 aliphatic heterocycles. The largest absolute Gasteiger partial charge is 0.330 e. The van der Waals surface area contributed by atoms with Crippen LogP contribution >= 0.6 is 0 Å². The van der Waals surface area contributed by atoms with E-state index in [0.717, 1.165) is 19.6 Å². The summed E-state index contributed by atoms with van der Waals surface area (Å²) in [5.41, 5.74) is 5.26. The van der Waals surface area contributed by atoms with E-state index >= 15 is 0 Å². The Balaban J connectivity index is 2.12. The minimum Gasteiger partial charge on any atom is -0.330 e. The monoisotopic (exact) mass is 235 g/mol. The van der Waals surface area contributed by atoms with Gasteiger partial charge in [-0.15, -0.1) is 0 Å². The summed E-state index contributed by atoms with van der Waals surface area (Å²) in [6.07, 6.45) is 3.00. The Morgan fingerprint density at radius 2 is 1.93 bits per heavy atom. The first-order chi connectivity index (χ1) is 7.14. The van der Waals surface area contributed by atoms with Crippen LogP contribution in [0.15, 0.2) is 0 Å². The summed E-state index contributed by atoms with van der Waals surface area (Å²) in [6, 6.07) is 0. The molecule has 1 heterocycles. The fraction of sp³-hybridized carbons (Fsp3) is 1.00. The lowest BCUT2D eigenvalue weighted by atomic mass is 10.4. The lowest BCUT2D eigenvalue weighted by Gasteiger charge is -2.14. The predicted molar refractivity (Wildman–Crippen MR) is 61.1 cm³/mol. The van der Waals surface area contributed by atoms with Crippen LogP contribution < -0.4 is 10.5 Å². The molecule has 0 unspecified atom stereocenters. The van der Waals surface area contributed by atoms with Crippen LogP contribution in [0.4, 0.5) is 0 Å². The van der Waals surface area contributed by atoms with Gasteiger partial charge in [0.1, 0.15) is 0 Å². The SMILES string of the molecule is NCCCS(=O)(=O)NCCN1CCCC1. The minimum absolute atomic E-state index is 0.142. The van der Waals surface area contributed by atoms with Crippen LogP contribution in [0, 0.1) is 0 Å². The fourth-order valence-electron chi connectivity index (χ4n) is 1.71. The van der Waals surface area contributed by atoms with Gasteiger partial charge >= 0.3 is 0 Å². The second kappa shape index (κ2) is 6.42. The molecule has 6 heteroatoms. The van der Waals surface area contributed by atoms with Crippen LogP contribution in [0.1, 0.15) is 19.3 Å². The summed E-state index contributed by atoms with van der Waals surface area (Å²) < 4.78 is 25.4. The van der Waals surface area contributed by atoms with Gasteiger partial charge in [-0.05, 0) is 38.9 Å². The Bertz CT molecular complexity index is 261. The molecule has 1 aliphatic rings. The van der Waals surface area contributed by atoms with Crippen molar-refractivity contribution in [2.75, 3.05) is 38.5 Å². The zero-order valence-corrected chi connectivity index (χ0v) is 9.93. The number of nitrogens with two attached hydrogens (primary N) is 1. The molecule has 0 aliphatic carbocycles. The molecule has 0 aromatic carbocycles. The molecule has 0 saturated carbocycles. The van der Waals surface area contributed by atoms with Crippen LogP contribution in [0.2, 0.25) is 0 Å². The molecular formula is C9H21N3O2S. The van der Waals surface area contributed by atoms with Gasteiger partial charge in [0.15, 0.2) is 0 Å². The highest BCUT2D eigenvalue weighted by Gasteiger charge is 2.13. The van der Waals surface area contributed by atoms with Gasteiger partial charge in [0.25, 0.3) is 0 Å². The molecular weight excluding hydrogens is 214 g/mol. The molecule has 90 valence electrons. The highest BCUT2D eigenvalue weighted by Crippen LogP contribution is 2.05. The zero-order valence-electron chi connectivity index (χ0n) is 9.11. The van der Waals surface area contributed by atoms with E-state index in [4.69, 9.17) is 5.73 Å². The molecule has 0 radical (unpaired) electrons. The van der Waals surface area contributed by atoms with E-state index in [1.807, 2.05) is 0 Å². The van der Waals surface area contributed by atoms with Gasteiger partial charge in [0.2, 0.25) is 10.0 Å². The highest BCUT2D eigenvalue weighted by molar-refractivity contribution is 7.89.